The van der Waals surface area contributed by atoms with Crippen molar-refractivity contribution in [3.8, 4) is 0 Å². The van der Waals surface area contributed by atoms with Crippen LogP contribution in [0.25, 0.3) is 0 Å². The highest BCUT2D eigenvalue weighted by Gasteiger charge is 2.21. The average molecular weight is 339 g/mol. The number of rotatable bonds is 8. The molecule has 23 heavy (non-hydrogen) atoms. The van der Waals surface area contributed by atoms with E-state index in [9.17, 15) is 4.79 Å². The number of nitrogens with zero attached hydrogens (tertiary/aromatic N) is 3. The average Bonchev–Trinajstić information content (AvgIpc) is 3.13. The number of nitrogens with one attached hydrogen (secondary N) is 1. The maximum Gasteiger partial charge on any atom is 0.233 e. The van der Waals surface area contributed by atoms with Crippen LogP contribution in [0.3, 0.4) is 0 Å². The van der Waals surface area contributed by atoms with Crippen molar-refractivity contribution in [2.24, 2.45) is 5.92 Å². The minimum Gasteiger partial charge on any atom is -0.337 e. The second kappa shape index (κ2) is 8.71. The van der Waals surface area contributed by atoms with Gasteiger partial charge in [-0.2, -0.15) is 0 Å². The molecule has 2 rings (SSSR count). The minimum absolute atomic E-state index is 0.150. The van der Waals surface area contributed by atoms with E-state index in [0.717, 1.165) is 18.2 Å². The van der Waals surface area contributed by atoms with E-state index in [4.69, 9.17) is 0 Å². The van der Waals surface area contributed by atoms with E-state index in [2.05, 4.69) is 42.9 Å². The Morgan fingerprint density at radius 1 is 1.26 bits per heavy atom. The van der Waals surface area contributed by atoms with Gasteiger partial charge in [0.15, 0.2) is 0 Å². The van der Waals surface area contributed by atoms with Crippen LogP contribution in [0, 0.1) is 5.92 Å². The summed E-state index contributed by atoms with van der Waals surface area (Å²) in [4.78, 5) is 18.8. The van der Waals surface area contributed by atoms with Crippen LogP contribution in [-0.2, 0) is 11.2 Å². The smallest absolute Gasteiger partial charge is 0.233 e. The summed E-state index contributed by atoms with van der Waals surface area (Å²) in [6.45, 7) is 8.21. The molecule has 1 aliphatic rings. The topological polar surface area (TPSA) is 61.9 Å². The first-order valence-corrected chi connectivity index (χ1v) is 9.81. The molecule has 1 fully saturated rings. The molecule has 1 amide bonds. The molecule has 1 saturated carbocycles. The third-order valence-electron chi connectivity index (χ3n) is 4.50. The molecule has 6 heteroatoms. The number of hydrogen-bond donors (Lipinski definition) is 1. The fraction of sp³-hybridized carbons (Fsp3) is 0.824. The van der Waals surface area contributed by atoms with Crippen LogP contribution in [0.15, 0.2) is 5.16 Å². The summed E-state index contributed by atoms with van der Waals surface area (Å²) < 4.78 is 0. The summed E-state index contributed by atoms with van der Waals surface area (Å²) in [5.41, 5.74) is 0. The molecular weight excluding hydrogens is 308 g/mol. The van der Waals surface area contributed by atoms with E-state index >= 15 is 0 Å². The van der Waals surface area contributed by atoms with Gasteiger partial charge in [-0.1, -0.05) is 37.4 Å². The molecule has 0 radical (unpaired) electrons. The number of aromatic amines is 1. The highest BCUT2D eigenvalue weighted by atomic mass is 32.2. The van der Waals surface area contributed by atoms with Gasteiger partial charge >= 0.3 is 0 Å². The first-order chi connectivity index (χ1) is 11.0. The van der Waals surface area contributed by atoms with E-state index in [1.54, 1.807) is 0 Å². The second-order valence-corrected chi connectivity index (χ2v) is 7.97. The lowest BCUT2D eigenvalue weighted by Crippen LogP contribution is -2.43. The Hall–Kier alpha value is -1.04. The van der Waals surface area contributed by atoms with Crippen LogP contribution < -0.4 is 0 Å². The van der Waals surface area contributed by atoms with Crippen LogP contribution in [0.1, 0.15) is 65.6 Å². The SMILES string of the molecule is CC(C)N(C(=O)CSc1n[nH]c(CCC2CCCC2)n1)C(C)C. The molecule has 1 heterocycles. The molecule has 1 aliphatic carbocycles. The third-order valence-corrected chi connectivity index (χ3v) is 5.33. The summed E-state index contributed by atoms with van der Waals surface area (Å²) >= 11 is 1.43. The Balaban J connectivity index is 1.78. The fourth-order valence-electron chi connectivity index (χ4n) is 3.47. The Morgan fingerprint density at radius 2 is 1.91 bits per heavy atom. The third kappa shape index (κ3) is 5.52. The van der Waals surface area contributed by atoms with Crippen molar-refractivity contribution in [3.63, 3.8) is 0 Å². The van der Waals surface area contributed by atoms with Gasteiger partial charge in [0.2, 0.25) is 11.1 Å². The number of carbonyl (C=O) groups is 1. The van der Waals surface area contributed by atoms with E-state index in [1.165, 1.54) is 43.9 Å². The Labute approximate surface area is 144 Å². The number of thioether (sulfide) groups is 1. The zero-order chi connectivity index (χ0) is 16.8. The van der Waals surface area contributed by atoms with Crippen molar-refractivity contribution < 1.29 is 4.79 Å². The van der Waals surface area contributed by atoms with Crippen molar-refractivity contribution in [2.45, 2.75) is 83.5 Å². The highest BCUT2D eigenvalue weighted by Crippen LogP contribution is 2.28. The van der Waals surface area contributed by atoms with Crippen LogP contribution in [-0.4, -0.2) is 43.8 Å². The Bertz CT molecular complexity index is 487. The monoisotopic (exact) mass is 338 g/mol. The molecule has 0 aromatic carbocycles. The molecule has 1 N–H and O–H groups in total. The molecule has 0 unspecified atom stereocenters. The summed E-state index contributed by atoms with van der Waals surface area (Å²) in [7, 11) is 0. The number of hydrogen-bond acceptors (Lipinski definition) is 4. The standard InChI is InChI=1S/C17H30N4OS/c1-12(2)21(13(3)4)16(22)11-23-17-18-15(19-20-17)10-9-14-7-5-6-8-14/h12-14H,5-11H2,1-4H3,(H,18,19,20). The minimum atomic E-state index is 0.150. The van der Waals surface area contributed by atoms with Gasteiger partial charge in [-0.25, -0.2) is 4.98 Å². The number of aromatic nitrogens is 3. The van der Waals surface area contributed by atoms with E-state index in [1.807, 2.05) is 4.90 Å². The van der Waals surface area contributed by atoms with E-state index in [-0.39, 0.29) is 18.0 Å². The molecule has 0 saturated heterocycles. The Kier molecular flexibility index (Phi) is 6.93. The van der Waals surface area contributed by atoms with Crippen LogP contribution in [0.5, 0.6) is 0 Å². The quantitative estimate of drug-likeness (QED) is 0.735. The molecule has 130 valence electrons. The second-order valence-electron chi connectivity index (χ2n) is 7.03. The van der Waals surface area contributed by atoms with Gasteiger partial charge in [0.25, 0.3) is 0 Å². The van der Waals surface area contributed by atoms with Gasteiger partial charge in [0.05, 0.1) is 5.75 Å². The van der Waals surface area contributed by atoms with Gasteiger partial charge in [-0.15, -0.1) is 5.10 Å². The van der Waals surface area contributed by atoms with Crippen molar-refractivity contribution in [2.75, 3.05) is 5.75 Å². The predicted octanol–water partition coefficient (Wildman–Crippen LogP) is 3.67. The zero-order valence-corrected chi connectivity index (χ0v) is 15.7. The fourth-order valence-corrected chi connectivity index (χ4v) is 4.15. The largest absolute Gasteiger partial charge is 0.337 e. The molecular formula is C17H30N4OS. The normalized spacial score (nSPS) is 15.7. The van der Waals surface area contributed by atoms with Crippen LogP contribution in [0.2, 0.25) is 0 Å². The summed E-state index contributed by atoms with van der Waals surface area (Å²) in [6.07, 6.45) is 7.66. The lowest BCUT2D eigenvalue weighted by molar-refractivity contribution is -0.131. The highest BCUT2D eigenvalue weighted by molar-refractivity contribution is 7.99. The van der Waals surface area contributed by atoms with Gasteiger partial charge in [0, 0.05) is 18.5 Å². The van der Waals surface area contributed by atoms with Crippen LogP contribution in [0.4, 0.5) is 0 Å². The first-order valence-electron chi connectivity index (χ1n) is 8.82. The molecule has 0 atom stereocenters. The number of aryl methyl sites for hydroxylation is 1. The van der Waals surface area contributed by atoms with Crippen molar-refractivity contribution in [1.29, 1.82) is 0 Å². The summed E-state index contributed by atoms with van der Waals surface area (Å²) in [5.74, 6) is 2.37. The number of amides is 1. The lowest BCUT2D eigenvalue weighted by Gasteiger charge is -2.30. The molecule has 5 nitrogen and oxygen atoms in total. The molecule has 1 aromatic heterocycles. The van der Waals surface area contributed by atoms with Crippen molar-refractivity contribution in [1.82, 2.24) is 20.1 Å². The maximum atomic E-state index is 12.3. The Morgan fingerprint density at radius 3 is 2.52 bits per heavy atom. The van der Waals surface area contributed by atoms with E-state index < -0.39 is 0 Å². The number of carbonyl (C=O) groups excluding carboxylic acids is 1. The molecule has 1 aromatic rings. The van der Waals surface area contributed by atoms with Crippen molar-refractivity contribution in [3.05, 3.63) is 5.82 Å². The molecule has 0 aliphatic heterocycles. The van der Waals surface area contributed by atoms with Gasteiger partial charge in [0.1, 0.15) is 5.82 Å². The van der Waals surface area contributed by atoms with Gasteiger partial charge in [-0.05, 0) is 40.0 Å². The van der Waals surface area contributed by atoms with Gasteiger partial charge in [-0.3, -0.25) is 9.89 Å². The van der Waals surface area contributed by atoms with Gasteiger partial charge < -0.3 is 4.90 Å². The predicted molar refractivity (Wildman–Crippen MR) is 94.5 cm³/mol. The lowest BCUT2D eigenvalue weighted by atomic mass is 10.0. The van der Waals surface area contributed by atoms with Crippen LogP contribution >= 0.6 is 11.8 Å². The molecule has 0 bridgehead atoms. The maximum absolute atomic E-state index is 12.3. The molecule has 0 spiro atoms. The number of H-pyrrole nitrogens is 1. The van der Waals surface area contributed by atoms with Crippen molar-refractivity contribution >= 4 is 17.7 Å². The zero-order valence-electron chi connectivity index (χ0n) is 14.8. The summed E-state index contributed by atoms with van der Waals surface area (Å²) in [6, 6.07) is 0.439. The first kappa shape index (κ1) is 18.3. The summed E-state index contributed by atoms with van der Waals surface area (Å²) in [5, 5.41) is 7.95. The van der Waals surface area contributed by atoms with E-state index in [0.29, 0.717) is 10.9 Å².